The molecule has 0 spiro atoms. The Morgan fingerprint density at radius 3 is 2.75 bits per heavy atom. The largest absolute Gasteiger partial charge is 0.330 e. The standard InChI is InChI=1S/C7H10N/c8-6-7-4-2-1-3-5-7/h1-4H,5-6,8H2. The molecule has 0 unspecified atom stereocenters. The molecule has 1 heteroatoms. The van der Waals surface area contributed by atoms with Crippen LogP contribution in [-0.2, 0) is 0 Å². The van der Waals surface area contributed by atoms with E-state index in [1.54, 1.807) is 0 Å². The summed E-state index contributed by atoms with van der Waals surface area (Å²) in [5.74, 6) is 1.31. The number of hydrogen-bond acceptors (Lipinski definition) is 1. The molecule has 1 aliphatic rings. The third kappa shape index (κ3) is 1.20. The highest BCUT2D eigenvalue weighted by atomic mass is 14.5. The molecule has 0 aromatic rings. The van der Waals surface area contributed by atoms with Crippen molar-refractivity contribution >= 4 is 0 Å². The molecule has 0 amide bonds. The minimum absolute atomic E-state index is 0.695. The van der Waals surface area contributed by atoms with Crippen molar-refractivity contribution in [2.75, 3.05) is 6.54 Å². The molecule has 0 saturated carbocycles. The Labute approximate surface area is 49.9 Å². The predicted octanol–water partition coefficient (Wildman–Crippen LogP) is 1.04. The van der Waals surface area contributed by atoms with Crippen LogP contribution in [0.3, 0.4) is 0 Å². The minimum Gasteiger partial charge on any atom is -0.330 e. The molecular formula is C7H10N. The van der Waals surface area contributed by atoms with Crippen molar-refractivity contribution in [2.24, 2.45) is 5.73 Å². The van der Waals surface area contributed by atoms with Crippen LogP contribution in [0.15, 0.2) is 24.3 Å². The van der Waals surface area contributed by atoms with Gasteiger partial charge in [-0.1, -0.05) is 24.3 Å². The van der Waals surface area contributed by atoms with Gasteiger partial charge in [0.2, 0.25) is 0 Å². The molecule has 0 aromatic carbocycles. The highest BCUT2D eigenvalue weighted by Crippen LogP contribution is 2.10. The molecule has 0 aromatic heterocycles. The van der Waals surface area contributed by atoms with E-state index in [4.69, 9.17) is 5.73 Å². The van der Waals surface area contributed by atoms with Gasteiger partial charge in [0, 0.05) is 12.5 Å². The molecule has 2 N–H and O–H groups in total. The summed E-state index contributed by atoms with van der Waals surface area (Å²) in [6.07, 6.45) is 9.28. The lowest BCUT2D eigenvalue weighted by molar-refractivity contribution is 0.946. The second kappa shape index (κ2) is 2.68. The predicted molar refractivity (Wildman–Crippen MR) is 35.2 cm³/mol. The first-order valence-corrected chi connectivity index (χ1v) is 2.81. The summed E-state index contributed by atoms with van der Waals surface area (Å²) in [6, 6.07) is 0. The number of nitrogens with two attached hydrogens (primary N) is 1. The SMILES string of the molecule is NC[C]1C=CC=CC1. The molecule has 1 rings (SSSR count). The van der Waals surface area contributed by atoms with Crippen molar-refractivity contribution in [3.05, 3.63) is 30.2 Å². The van der Waals surface area contributed by atoms with Gasteiger partial charge in [-0.25, -0.2) is 0 Å². The van der Waals surface area contributed by atoms with Gasteiger partial charge in [0.15, 0.2) is 0 Å². The maximum absolute atomic E-state index is 5.38. The number of allylic oxidation sites excluding steroid dienone is 3. The van der Waals surface area contributed by atoms with Gasteiger partial charge in [0.1, 0.15) is 0 Å². The molecule has 1 aliphatic carbocycles. The molecule has 0 saturated heterocycles. The fraction of sp³-hybridized carbons (Fsp3) is 0.286. The van der Waals surface area contributed by atoms with E-state index in [1.807, 2.05) is 12.2 Å². The topological polar surface area (TPSA) is 26.0 Å². The molecule has 8 heavy (non-hydrogen) atoms. The molecular weight excluding hydrogens is 98.1 g/mol. The summed E-state index contributed by atoms with van der Waals surface area (Å²) in [4.78, 5) is 0. The van der Waals surface area contributed by atoms with Crippen molar-refractivity contribution in [3.8, 4) is 0 Å². The molecule has 1 nitrogen and oxygen atoms in total. The Balaban J connectivity index is 2.40. The zero-order chi connectivity index (χ0) is 5.82. The van der Waals surface area contributed by atoms with Crippen LogP contribution in [0, 0.1) is 5.92 Å². The first-order valence-electron chi connectivity index (χ1n) is 2.81. The van der Waals surface area contributed by atoms with Gasteiger partial charge in [-0.15, -0.1) is 0 Å². The second-order valence-electron chi connectivity index (χ2n) is 1.85. The second-order valence-corrected chi connectivity index (χ2v) is 1.85. The monoisotopic (exact) mass is 108 g/mol. The van der Waals surface area contributed by atoms with Crippen molar-refractivity contribution < 1.29 is 0 Å². The van der Waals surface area contributed by atoms with Crippen LogP contribution in [0.2, 0.25) is 0 Å². The highest BCUT2D eigenvalue weighted by Gasteiger charge is 2.00. The maximum atomic E-state index is 5.38. The summed E-state index contributed by atoms with van der Waals surface area (Å²) in [5, 5.41) is 0. The molecule has 0 bridgehead atoms. The lowest BCUT2D eigenvalue weighted by atomic mass is 10.0. The van der Waals surface area contributed by atoms with Crippen LogP contribution in [0.4, 0.5) is 0 Å². The summed E-state index contributed by atoms with van der Waals surface area (Å²) >= 11 is 0. The summed E-state index contributed by atoms with van der Waals surface area (Å²) in [5.41, 5.74) is 5.38. The van der Waals surface area contributed by atoms with E-state index in [9.17, 15) is 0 Å². The fourth-order valence-electron chi connectivity index (χ4n) is 0.709. The fourth-order valence-corrected chi connectivity index (χ4v) is 0.709. The number of rotatable bonds is 1. The van der Waals surface area contributed by atoms with Crippen molar-refractivity contribution in [3.63, 3.8) is 0 Å². The Hall–Kier alpha value is -0.560. The average molecular weight is 108 g/mol. The normalized spacial score (nSPS) is 19.6. The first kappa shape index (κ1) is 5.57. The average Bonchev–Trinajstić information content (AvgIpc) is 1.90. The number of hydrogen-bond donors (Lipinski definition) is 1. The van der Waals surface area contributed by atoms with Crippen LogP contribution in [0.5, 0.6) is 0 Å². The zero-order valence-corrected chi connectivity index (χ0v) is 4.80. The third-order valence-corrected chi connectivity index (χ3v) is 1.22. The molecule has 0 aliphatic heterocycles. The zero-order valence-electron chi connectivity index (χ0n) is 4.80. The summed E-state index contributed by atoms with van der Waals surface area (Å²) < 4.78 is 0. The van der Waals surface area contributed by atoms with E-state index in [-0.39, 0.29) is 0 Å². The van der Waals surface area contributed by atoms with E-state index in [1.165, 1.54) is 5.92 Å². The first-order chi connectivity index (χ1) is 3.93. The van der Waals surface area contributed by atoms with E-state index in [0.717, 1.165) is 6.42 Å². The Kier molecular flexibility index (Phi) is 1.86. The van der Waals surface area contributed by atoms with E-state index in [2.05, 4.69) is 12.2 Å². The van der Waals surface area contributed by atoms with Crippen LogP contribution >= 0.6 is 0 Å². The van der Waals surface area contributed by atoms with E-state index < -0.39 is 0 Å². The smallest absolute Gasteiger partial charge is 0.0148 e. The molecule has 0 atom stereocenters. The quantitative estimate of drug-likeness (QED) is 0.533. The molecule has 0 fully saturated rings. The van der Waals surface area contributed by atoms with Crippen LogP contribution < -0.4 is 5.73 Å². The van der Waals surface area contributed by atoms with Crippen LogP contribution in [0.1, 0.15) is 6.42 Å². The lowest BCUT2D eigenvalue weighted by Crippen LogP contribution is -2.09. The van der Waals surface area contributed by atoms with Gasteiger partial charge in [0.25, 0.3) is 0 Å². The Bertz CT molecular complexity index is 114. The van der Waals surface area contributed by atoms with Crippen molar-refractivity contribution in [1.29, 1.82) is 0 Å². The Morgan fingerprint density at radius 1 is 1.50 bits per heavy atom. The van der Waals surface area contributed by atoms with Crippen molar-refractivity contribution in [2.45, 2.75) is 6.42 Å². The maximum Gasteiger partial charge on any atom is 0.0148 e. The van der Waals surface area contributed by atoms with E-state index in [0.29, 0.717) is 6.54 Å². The van der Waals surface area contributed by atoms with Gasteiger partial charge < -0.3 is 5.73 Å². The Morgan fingerprint density at radius 2 is 2.38 bits per heavy atom. The third-order valence-electron chi connectivity index (χ3n) is 1.22. The van der Waals surface area contributed by atoms with Gasteiger partial charge in [-0.2, -0.15) is 0 Å². The van der Waals surface area contributed by atoms with Crippen LogP contribution in [0.25, 0.3) is 0 Å². The highest BCUT2D eigenvalue weighted by molar-refractivity contribution is 5.24. The van der Waals surface area contributed by atoms with Gasteiger partial charge >= 0.3 is 0 Å². The van der Waals surface area contributed by atoms with E-state index >= 15 is 0 Å². The summed E-state index contributed by atoms with van der Waals surface area (Å²) in [6.45, 7) is 0.695. The van der Waals surface area contributed by atoms with Crippen LogP contribution in [-0.4, -0.2) is 6.54 Å². The molecule has 1 radical (unpaired) electrons. The lowest BCUT2D eigenvalue weighted by Gasteiger charge is -2.06. The van der Waals surface area contributed by atoms with Crippen molar-refractivity contribution in [1.82, 2.24) is 0 Å². The minimum atomic E-state index is 0.695. The van der Waals surface area contributed by atoms with Gasteiger partial charge in [0.05, 0.1) is 0 Å². The molecule has 43 valence electrons. The van der Waals surface area contributed by atoms with Gasteiger partial charge in [-0.3, -0.25) is 0 Å². The van der Waals surface area contributed by atoms with Gasteiger partial charge in [-0.05, 0) is 6.42 Å². The molecule has 0 heterocycles. The summed E-state index contributed by atoms with van der Waals surface area (Å²) in [7, 11) is 0.